The molecule has 1 aliphatic rings. The van der Waals surface area contributed by atoms with Gasteiger partial charge in [0.15, 0.2) is 0 Å². The molecular weight excluding hydrogens is 360 g/mol. The van der Waals surface area contributed by atoms with Gasteiger partial charge in [0.05, 0.1) is 0 Å². The summed E-state index contributed by atoms with van der Waals surface area (Å²) in [6.45, 7) is 2.31. The van der Waals surface area contributed by atoms with Crippen molar-refractivity contribution in [1.29, 1.82) is 0 Å². The van der Waals surface area contributed by atoms with Gasteiger partial charge in [-0.2, -0.15) is 0 Å². The predicted molar refractivity (Wildman–Crippen MR) is 79.3 cm³/mol. The van der Waals surface area contributed by atoms with Gasteiger partial charge in [-0.05, 0) is 62.4 Å². The molecule has 5 heteroatoms. The van der Waals surface area contributed by atoms with Gasteiger partial charge in [0.25, 0.3) is 0 Å². The number of carbonyl (C=O) groups is 1. The predicted octanol–water partition coefficient (Wildman–Crippen LogP) is 2.83. The third-order valence-electron chi connectivity index (χ3n) is 2.86. The van der Waals surface area contributed by atoms with Gasteiger partial charge < -0.3 is 10.6 Å². The molecule has 1 aromatic carbocycles. The van der Waals surface area contributed by atoms with Crippen LogP contribution in [-0.4, -0.2) is 19.0 Å². The van der Waals surface area contributed by atoms with Gasteiger partial charge in [0, 0.05) is 34.5 Å². The first-order valence-corrected chi connectivity index (χ1v) is 7.68. The lowest BCUT2D eigenvalue weighted by Crippen LogP contribution is -2.32. The fourth-order valence-electron chi connectivity index (χ4n) is 1.65. The molecule has 0 unspecified atom stereocenters. The zero-order chi connectivity index (χ0) is 13.0. The molecule has 1 fully saturated rings. The number of halogens is 2. The van der Waals surface area contributed by atoms with Gasteiger partial charge in [-0.3, -0.25) is 4.79 Å². The molecule has 0 aliphatic heterocycles. The van der Waals surface area contributed by atoms with Gasteiger partial charge in [-0.25, -0.2) is 0 Å². The van der Waals surface area contributed by atoms with E-state index in [0.29, 0.717) is 12.5 Å². The molecule has 1 aliphatic carbocycles. The summed E-state index contributed by atoms with van der Waals surface area (Å²) in [5.74, 6) is 0.510. The molecule has 2 N–H and O–H groups in total. The Hall–Kier alpha value is -0.390. The van der Waals surface area contributed by atoms with Crippen molar-refractivity contribution in [2.75, 3.05) is 13.1 Å². The van der Waals surface area contributed by atoms with Crippen molar-refractivity contribution in [3.63, 3.8) is 0 Å². The summed E-state index contributed by atoms with van der Waals surface area (Å²) >= 11 is 6.92. The number of carbonyl (C=O) groups excluding carboxylic acids is 1. The maximum absolute atomic E-state index is 11.4. The normalized spacial score (nSPS) is 14.6. The topological polar surface area (TPSA) is 41.1 Å². The first kappa shape index (κ1) is 14.0. The molecule has 0 spiro atoms. The van der Waals surface area contributed by atoms with Crippen molar-refractivity contribution in [1.82, 2.24) is 10.6 Å². The number of benzene rings is 1. The second-order valence-corrected chi connectivity index (χ2v) is 6.20. The van der Waals surface area contributed by atoms with Gasteiger partial charge in [-0.1, -0.05) is 6.07 Å². The first-order valence-electron chi connectivity index (χ1n) is 6.09. The average Bonchev–Trinajstić information content (AvgIpc) is 3.17. The Morgan fingerprint density at radius 1 is 1.22 bits per heavy atom. The average molecular weight is 376 g/mol. The van der Waals surface area contributed by atoms with Crippen LogP contribution in [-0.2, 0) is 11.3 Å². The van der Waals surface area contributed by atoms with Crippen LogP contribution >= 0.6 is 31.9 Å². The second kappa shape index (κ2) is 6.68. The van der Waals surface area contributed by atoms with Crippen molar-refractivity contribution in [2.45, 2.75) is 19.4 Å². The first-order chi connectivity index (χ1) is 8.66. The summed E-state index contributed by atoms with van der Waals surface area (Å²) < 4.78 is 2.12. The van der Waals surface area contributed by atoms with Crippen LogP contribution in [0.15, 0.2) is 27.1 Å². The van der Waals surface area contributed by atoms with E-state index in [0.717, 1.165) is 34.9 Å². The van der Waals surface area contributed by atoms with Crippen LogP contribution in [0.3, 0.4) is 0 Å². The van der Waals surface area contributed by atoms with Crippen molar-refractivity contribution in [3.05, 3.63) is 32.7 Å². The second-order valence-electron chi connectivity index (χ2n) is 4.49. The van der Waals surface area contributed by atoms with E-state index >= 15 is 0 Å². The van der Waals surface area contributed by atoms with Crippen molar-refractivity contribution in [3.8, 4) is 0 Å². The van der Waals surface area contributed by atoms with E-state index in [1.54, 1.807) is 0 Å². The minimum Gasteiger partial charge on any atom is -0.355 e. The van der Waals surface area contributed by atoms with Crippen LogP contribution in [0.25, 0.3) is 0 Å². The van der Waals surface area contributed by atoms with Crippen molar-refractivity contribution in [2.24, 2.45) is 5.92 Å². The molecule has 1 amide bonds. The Morgan fingerprint density at radius 2 is 2.00 bits per heavy atom. The Kier molecular flexibility index (Phi) is 5.21. The number of rotatable bonds is 6. The van der Waals surface area contributed by atoms with E-state index in [1.807, 2.05) is 6.07 Å². The number of nitrogens with one attached hydrogen (secondary N) is 2. The minimum absolute atomic E-state index is 0.211. The third kappa shape index (κ3) is 4.37. The van der Waals surface area contributed by atoms with E-state index in [2.05, 4.69) is 54.6 Å². The van der Waals surface area contributed by atoms with E-state index in [4.69, 9.17) is 0 Å². The summed E-state index contributed by atoms with van der Waals surface area (Å²) in [5, 5.41) is 6.25. The molecule has 2 rings (SSSR count). The molecule has 0 radical (unpaired) electrons. The monoisotopic (exact) mass is 374 g/mol. The zero-order valence-electron chi connectivity index (χ0n) is 10.0. The maximum atomic E-state index is 11.4. The molecule has 0 atom stereocenters. The van der Waals surface area contributed by atoms with Crippen LogP contribution in [0.4, 0.5) is 0 Å². The lowest BCUT2D eigenvalue weighted by molar-refractivity contribution is -0.122. The highest BCUT2D eigenvalue weighted by Gasteiger charge is 2.28. The van der Waals surface area contributed by atoms with Crippen LogP contribution < -0.4 is 10.6 Å². The quantitative estimate of drug-likeness (QED) is 0.750. The van der Waals surface area contributed by atoms with Gasteiger partial charge >= 0.3 is 0 Å². The highest BCUT2D eigenvalue weighted by atomic mass is 79.9. The van der Waals surface area contributed by atoms with Gasteiger partial charge in [-0.15, -0.1) is 0 Å². The smallest absolute Gasteiger partial charge is 0.223 e. The van der Waals surface area contributed by atoms with Gasteiger partial charge in [0.1, 0.15) is 0 Å². The molecular formula is C13H16Br2N2O. The lowest BCUT2D eigenvalue weighted by Gasteiger charge is -2.07. The highest BCUT2D eigenvalue weighted by Crippen LogP contribution is 2.28. The zero-order valence-corrected chi connectivity index (χ0v) is 13.2. The minimum atomic E-state index is 0.211. The maximum Gasteiger partial charge on any atom is 0.223 e. The van der Waals surface area contributed by atoms with Crippen molar-refractivity contribution < 1.29 is 4.79 Å². The third-order valence-corrected chi connectivity index (χ3v) is 4.74. The van der Waals surface area contributed by atoms with Crippen LogP contribution in [0.1, 0.15) is 18.4 Å². The van der Waals surface area contributed by atoms with Crippen LogP contribution in [0.5, 0.6) is 0 Å². The molecule has 0 bridgehead atoms. The molecule has 3 nitrogen and oxygen atoms in total. The number of hydrogen-bond acceptors (Lipinski definition) is 2. The SMILES string of the molecule is O=C(NCCNCc1ccc(Br)c(Br)c1)C1CC1. The largest absolute Gasteiger partial charge is 0.355 e. The lowest BCUT2D eigenvalue weighted by atomic mass is 10.2. The summed E-state index contributed by atoms with van der Waals surface area (Å²) in [5.41, 5.74) is 1.22. The Morgan fingerprint density at radius 3 is 2.67 bits per heavy atom. The Balaban J connectivity index is 1.62. The van der Waals surface area contributed by atoms with Crippen LogP contribution in [0, 0.1) is 5.92 Å². The van der Waals surface area contributed by atoms with E-state index in [-0.39, 0.29) is 5.91 Å². The number of hydrogen-bond donors (Lipinski definition) is 2. The fraction of sp³-hybridized carbons (Fsp3) is 0.462. The molecule has 98 valence electrons. The molecule has 0 saturated heterocycles. The van der Waals surface area contributed by atoms with E-state index in [9.17, 15) is 4.79 Å². The summed E-state index contributed by atoms with van der Waals surface area (Å²) in [6.07, 6.45) is 2.12. The van der Waals surface area contributed by atoms with Gasteiger partial charge in [0.2, 0.25) is 5.91 Å². The molecule has 0 heterocycles. The van der Waals surface area contributed by atoms with E-state index < -0.39 is 0 Å². The number of amides is 1. The Labute approximate surface area is 124 Å². The summed E-state index contributed by atoms with van der Waals surface area (Å²) in [7, 11) is 0. The standard InChI is InChI=1S/C13H16Br2N2O/c14-11-4-1-9(7-12(11)15)8-16-5-6-17-13(18)10-2-3-10/h1,4,7,10,16H,2-3,5-6,8H2,(H,17,18). The Bertz CT molecular complexity index is 433. The highest BCUT2D eigenvalue weighted by molar-refractivity contribution is 9.13. The molecule has 1 aromatic rings. The molecule has 18 heavy (non-hydrogen) atoms. The van der Waals surface area contributed by atoms with E-state index in [1.165, 1.54) is 5.56 Å². The summed E-state index contributed by atoms with van der Waals surface area (Å²) in [4.78, 5) is 11.4. The fourth-order valence-corrected chi connectivity index (χ4v) is 2.32. The summed E-state index contributed by atoms with van der Waals surface area (Å²) in [6, 6.07) is 6.18. The molecule has 1 saturated carbocycles. The van der Waals surface area contributed by atoms with Crippen molar-refractivity contribution >= 4 is 37.8 Å². The molecule has 0 aromatic heterocycles. The van der Waals surface area contributed by atoms with Crippen LogP contribution in [0.2, 0.25) is 0 Å².